The highest BCUT2D eigenvalue weighted by Gasteiger charge is 1.98. The van der Waals surface area contributed by atoms with Crippen LogP contribution in [0.1, 0.15) is 24.5 Å². The first kappa shape index (κ1) is 14.4. The lowest BCUT2D eigenvalue weighted by atomic mass is 10.2. The van der Waals surface area contributed by atoms with Crippen LogP contribution < -0.4 is 10.3 Å². The number of hydrogen-bond donors (Lipinski definition) is 0. The Balaban J connectivity index is 1.79. The molecule has 3 heteroatoms. The van der Waals surface area contributed by atoms with E-state index in [2.05, 4.69) is 19.1 Å². The summed E-state index contributed by atoms with van der Waals surface area (Å²) >= 11 is 0. The van der Waals surface area contributed by atoms with Gasteiger partial charge < -0.3 is 9.30 Å². The average molecular weight is 271 g/mol. The number of nitrogens with zero attached hydrogens (tertiary/aromatic N) is 1. The molecule has 2 aromatic rings. The molecular formula is C17H21NO2. The van der Waals surface area contributed by atoms with Gasteiger partial charge in [-0.1, -0.05) is 19.1 Å². The Morgan fingerprint density at radius 3 is 2.55 bits per heavy atom. The number of aromatic nitrogens is 1. The fraction of sp³-hybridized carbons (Fsp3) is 0.353. The third kappa shape index (κ3) is 3.98. The van der Waals surface area contributed by atoms with Gasteiger partial charge in [-0.25, -0.2) is 0 Å². The SMILES string of the molecule is CCc1ccc(OCCCn2ccc(C)cc2=O)cc1. The average Bonchev–Trinajstić information content (AvgIpc) is 2.46. The molecule has 0 radical (unpaired) electrons. The molecule has 0 aliphatic rings. The first-order chi connectivity index (χ1) is 9.69. The van der Waals surface area contributed by atoms with E-state index >= 15 is 0 Å². The summed E-state index contributed by atoms with van der Waals surface area (Å²) in [4.78, 5) is 11.7. The maximum Gasteiger partial charge on any atom is 0.250 e. The quantitative estimate of drug-likeness (QED) is 0.756. The van der Waals surface area contributed by atoms with Crippen LogP contribution in [0, 0.1) is 6.92 Å². The van der Waals surface area contributed by atoms with Gasteiger partial charge in [0.1, 0.15) is 5.75 Å². The van der Waals surface area contributed by atoms with Crippen molar-refractivity contribution < 1.29 is 4.74 Å². The van der Waals surface area contributed by atoms with Crippen molar-refractivity contribution in [3.8, 4) is 5.75 Å². The van der Waals surface area contributed by atoms with Crippen LogP contribution >= 0.6 is 0 Å². The maximum absolute atomic E-state index is 11.7. The number of ether oxygens (including phenoxy) is 1. The van der Waals surface area contributed by atoms with E-state index in [1.54, 1.807) is 10.6 Å². The second-order valence-electron chi connectivity index (χ2n) is 4.94. The summed E-state index contributed by atoms with van der Waals surface area (Å²) in [5.74, 6) is 0.887. The highest BCUT2D eigenvalue weighted by molar-refractivity contribution is 5.27. The molecule has 1 aromatic carbocycles. The van der Waals surface area contributed by atoms with E-state index in [9.17, 15) is 4.79 Å². The molecule has 0 saturated heterocycles. The molecule has 3 nitrogen and oxygen atoms in total. The largest absolute Gasteiger partial charge is 0.494 e. The highest BCUT2D eigenvalue weighted by atomic mass is 16.5. The second-order valence-corrected chi connectivity index (χ2v) is 4.94. The van der Waals surface area contributed by atoms with Gasteiger partial charge in [-0.15, -0.1) is 0 Å². The summed E-state index contributed by atoms with van der Waals surface area (Å²) < 4.78 is 7.39. The van der Waals surface area contributed by atoms with Gasteiger partial charge in [-0.3, -0.25) is 4.79 Å². The molecule has 0 fully saturated rings. The van der Waals surface area contributed by atoms with Crippen LogP contribution in [-0.4, -0.2) is 11.2 Å². The van der Waals surface area contributed by atoms with Gasteiger partial charge in [0.2, 0.25) is 0 Å². The molecule has 20 heavy (non-hydrogen) atoms. The zero-order valence-corrected chi connectivity index (χ0v) is 12.1. The molecule has 0 N–H and O–H groups in total. The Morgan fingerprint density at radius 2 is 1.90 bits per heavy atom. The molecule has 0 aliphatic heterocycles. The van der Waals surface area contributed by atoms with Crippen LogP contribution in [0.15, 0.2) is 47.4 Å². The van der Waals surface area contributed by atoms with Crippen molar-refractivity contribution >= 4 is 0 Å². The van der Waals surface area contributed by atoms with Gasteiger partial charge in [0.25, 0.3) is 5.56 Å². The summed E-state index contributed by atoms with van der Waals surface area (Å²) in [6, 6.07) is 11.8. The van der Waals surface area contributed by atoms with E-state index in [1.807, 2.05) is 31.3 Å². The van der Waals surface area contributed by atoms with Crippen LogP contribution in [0.2, 0.25) is 0 Å². The van der Waals surface area contributed by atoms with Crippen LogP contribution in [0.4, 0.5) is 0 Å². The minimum Gasteiger partial charge on any atom is -0.494 e. The summed E-state index contributed by atoms with van der Waals surface area (Å²) in [5, 5.41) is 0. The highest BCUT2D eigenvalue weighted by Crippen LogP contribution is 2.12. The molecule has 1 heterocycles. The van der Waals surface area contributed by atoms with Gasteiger partial charge in [0, 0.05) is 18.8 Å². The van der Waals surface area contributed by atoms with Crippen LogP contribution in [0.5, 0.6) is 5.75 Å². The molecule has 0 spiro atoms. The Morgan fingerprint density at radius 1 is 1.15 bits per heavy atom. The topological polar surface area (TPSA) is 31.2 Å². The molecule has 0 unspecified atom stereocenters. The van der Waals surface area contributed by atoms with Crippen molar-refractivity contribution in [2.45, 2.75) is 33.2 Å². The number of rotatable bonds is 6. The Kier molecular flexibility index (Phi) is 4.99. The van der Waals surface area contributed by atoms with Crippen molar-refractivity contribution in [2.24, 2.45) is 0 Å². The standard InChI is InChI=1S/C17H21NO2/c1-3-15-5-7-16(8-6-15)20-12-4-10-18-11-9-14(2)13-17(18)19/h5-9,11,13H,3-4,10,12H2,1-2H3. The third-order valence-corrected chi connectivity index (χ3v) is 3.30. The Hall–Kier alpha value is -2.03. The molecule has 0 bridgehead atoms. The summed E-state index contributed by atoms with van der Waals surface area (Å²) in [6.07, 6.45) is 3.70. The molecule has 0 atom stereocenters. The number of benzene rings is 1. The molecule has 106 valence electrons. The number of pyridine rings is 1. The van der Waals surface area contributed by atoms with Gasteiger partial charge in [0.05, 0.1) is 6.61 Å². The zero-order valence-electron chi connectivity index (χ0n) is 12.1. The lowest BCUT2D eigenvalue weighted by Crippen LogP contribution is -2.19. The van der Waals surface area contributed by atoms with Crippen molar-refractivity contribution in [1.82, 2.24) is 4.57 Å². The first-order valence-electron chi connectivity index (χ1n) is 7.08. The number of aryl methyl sites for hydroxylation is 3. The molecule has 0 amide bonds. The van der Waals surface area contributed by atoms with Gasteiger partial charge in [-0.05, 0) is 49.1 Å². The van der Waals surface area contributed by atoms with Gasteiger partial charge in [-0.2, -0.15) is 0 Å². The predicted molar refractivity (Wildman–Crippen MR) is 81.4 cm³/mol. The maximum atomic E-state index is 11.7. The zero-order chi connectivity index (χ0) is 14.4. The predicted octanol–water partition coefficient (Wildman–Crippen LogP) is 3.19. The summed E-state index contributed by atoms with van der Waals surface area (Å²) in [7, 11) is 0. The van der Waals surface area contributed by atoms with Crippen LogP contribution in [0.25, 0.3) is 0 Å². The normalized spacial score (nSPS) is 10.5. The van der Waals surface area contributed by atoms with Crippen molar-refractivity contribution in [2.75, 3.05) is 6.61 Å². The summed E-state index contributed by atoms with van der Waals surface area (Å²) in [6.45, 7) is 5.36. The lowest BCUT2D eigenvalue weighted by Gasteiger charge is -2.08. The third-order valence-electron chi connectivity index (χ3n) is 3.30. The molecule has 2 rings (SSSR count). The Bertz CT molecular complexity index is 599. The fourth-order valence-corrected chi connectivity index (χ4v) is 2.04. The second kappa shape index (κ2) is 6.94. The van der Waals surface area contributed by atoms with E-state index in [1.165, 1.54) is 5.56 Å². The monoisotopic (exact) mass is 271 g/mol. The van der Waals surface area contributed by atoms with Crippen molar-refractivity contribution in [3.63, 3.8) is 0 Å². The molecular weight excluding hydrogens is 250 g/mol. The molecule has 0 aliphatic carbocycles. The van der Waals surface area contributed by atoms with Crippen molar-refractivity contribution in [1.29, 1.82) is 0 Å². The lowest BCUT2D eigenvalue weighted by molar-refractivity contribution is 0.301. The number of hydrogen-bond acceptors (Lipinski definition) is 2. The van der Waals surface area contributed by atoms with Gasteiger partial charge in [0.15, 0.2) is 0 Å². The summed E-state index contributed by atoms with van der Waals surface area (Å²) in [5.41, 5.74) is 2.36. The fourth-order valence-electron chi connectivity index (χ4n) is 2.04. The minimum atomic E-state index is 0.0531. The van der Waals surface area contributed by atoms with Gasteiger partial charge >= 0.3 is 0 Å². The first-order valence-corrected chi connectivity index (χ1v) is 7.08. The van der Waals surface area contributed by atoms with E-state index in [0.29, 0.717) is 13.2 Å². The minimum absolute atomic E-state index is 0.0531. The van der Waals surface area contributed by atoms with Crippen LogP contribution in [-0.2, 0) is 13.0 Å². The smallest absolute Gasteiger partial charge is 0.250 e. The van der Waals surface area contributed by atoms with E-state index < -0.39 is 0 Å². The Labute approximate surface area is 119 Å². The molecule has 1 aromatic heterocycles. The molecule has 0 saturated carbocycles. The van der Waals surface area contributed by atoms with E-state index in [-0.39, 0.29) is 5.56 Å². The van der Waals surface area contributed by atoms with E-state index in [0.717, 1.165) is 24.2 Å². The van der Waals surface area contributed by atoms with Crippen LogP contribution in [0.3, 0.4) is 0 Å². The van der Waals surface area contributed by atoms with E-state index in [4.69, 9.17) is 4.74 Å². The van der Waals surface area contributed by atoms with Crippen molar-refractivity contribution in [3.05, 3.63) is 64.1 Å².